The first-order valence-corrected chi connectivity index (χ1v) is 7.27. The lowest BCUT2D eigenvalue weighted by molar-refractivity contribution is 0.599. The highest BCUT2D eigenvalue weighted by atomic mass is 32.3. The molecular weight excluding hydrogens is 216 g/mol. The van der Waals surface area contributed by atoms with Gasteiger partial charge in [-0.3, -0.25) is 0 Å². The van der Waals surface area contributed by atoms with Crippen LogP contribution >= 0.6 is 11.8 Å². The van der Waals surface area contributed by atoms with Gasteiger partial charge in [0.15, 0.2) is 9.84 Å². The molecule has 0 aromatic heterocycles. The average Bonchev–Trinajstić information content (AvgIpc) is 2.14. The van der Waals surface area contributed by atoms with Gasteiger partial charge in [0.1, 0.15) is 4.24 Å². The van der Waals surface area contributed by atoms with Crippen molar-refractivity contribution in [3.63, 3.8) is 0 Å². The van der Waals surface area contributed by atoms with E-state index in [1.807, 2.05) is 6.92 Å². The van der Waals surface area contributed by atoms with Crippen molar-refractivity contribution >= 4 is 21.6 Å². The summed E-state index contributed by atoms with van der Waals surface area (Å²) < 4.78 is 23.0. The van der Waals surface area contributed by atoms with Gasteiger partial charge in [-0.2, -0.15) is 0 Å². The zero-order valence-electron chi connectivity index (χ0n) is 8.53. The van der Waals surface area contributed by atoms with Gasteiger partial charge in [0.25, 0.3) is 0 Å². The summed E-state index contributed by atoms with van der Waals surface area (Å²) in [7, 11) is -3.20. The summed E-state index contributed by atoms with van der Waals surface area (Å²) in [6.45, 7) is 11.0. The number of rotatable bonds is 8. The molecule has 1 radical (unpaired) electrons. The van der Waals surface area contributed by atoms with Gasteiger partial charge in [-0.1, -0.05) is 25.8 Å². The Bertz CT molecular complexity index is 278. The van der Waals surface area contributed by atoms with Gasteiger partial charge >= 0.3 is 0 Å². The summed E-state index contributed by atoms with van der Waals surface area (Å²) in [5.74, 6) is 0.704. The maximum Gasteiger partial charge on any atom is 0.184 e. The van der Waals surface area contributed by atoms with Crippen LogP contribution in [-0.4, -0.2) is 19.9 Å². The Morgan fingerprint density at radius 2 is 2.14 bits per heavy atom. The molecule has 0 aliphatic heterocycles. The van der Waals surface area contributed by atoms with E-state index in [2.05, 4.69) is 6.58 Å². The smallest absolute Gasteiger partial charge is 0.184 e. The first-order chi connectivity index (χ1) is 6.54. The van der Waals surface area contributed by atoms with Gasteiger partial charge < -0.3 is 0 Å². The normalized spacial score (nSPS) is 11.2. The first-order valence-electron chi connectivity index (χ1n) is 4.63. The van der Waals surface area contributed by atoms with Crippen LogP contribution in [0.25, 0.3) is 0 Å². The number of unbranched alkanes of at least 4 members (excludes halogenated alkanes) is 2. The van der Waals surface area contributed by atoms with Crippen LogP contribution in [0.3, 0.4) is 0 Å². The standard InChI is InChI=1S/C10H17O2S2/c1-4-6-7-9-14(11,12)10(3)13-8-5-2/h3,5H,2,4,6-9H2,1H3. The predicted molar refractivity (Wildman–Crippen MR) is 63.8 cm³/mol. The maximum atomic E-state index is 11.5. The van der Waals surface area contributed by atoms with Crippen LogP contribution in [-0.2, 0) is 9.84 Å². The first kappa shape index (κ1) is 13.8. The molecule has 0 heterocycles. The van der Waals surface area contributed by atoms with E-state index in [0.29, 0.717) is 12.2 Å². The van der Waals surface area contributed by atoms with Crippen LogP contribution in [0.5, 0.6) is 0 Å². The Labute approximate surface area is 91.4 Å². The molecule has 0 aromatic carbocycles. The molecule has 0 aliphatic carbocycles. The van der Waals surface area contributed by atoms with Gasteiger partial charge in [0.05, 0.1) is 5.75 Å². The summed E-state index contributed by atoms with van der Waals surface area (Å²) in [6, 6.07) is 0. The fraction of sp³-hybridized carbons (Fsp3) is 0.600. The second kappa shape index (κ2) is 7.12. The zero-order chi connectivity index (χ0) is 11.0. The fourth-order valence-electron chi connectivity index (χ4n) is 0.874. The Morgan fingerprint density at radius 1 is 1.50 bits per heavy atom. The maximum absolute atomic E-state index is 11.5. The van der Waals surface area contributed by atoms with Gasteiger partial charge in [-0.15, -0.1) is 18.3 Å². The molecular formula is C10H17O2S2. The topological polar surface area (TPSA) is 34.1 Å². The van der Waals surface area contributed by atoms with E-state index in [1.165, 1.54) is 0 Å². The summed E-state index contributed by atoms with van der Waals surface area (Å²) >= 11 is 1.13. The van der Waals surface area contributed by atoms with Crippen molar-refractivity contribution in [2.45, 2.75) is 26.2 Å². The Kier molecular flexibility index (Phi) is 7.01. The predicted octanol–water partition coefficient (Wildman–Crippen LogP) is 2.78. The summed E-state index contributed by atoms with van der Waals surface area (Å²) in [5, 5.41) is 0. The van der Waals surface area contributed by atoms with Gasteiger partial charge in [-0.05, 0) is 13.0 Å². The Hall–Kier alpha value is -0.220. The van der Waals surface area contributed by atoms with Crippen molar-refractivity contribution in [1.82, 2.24) is 0 Å². The van der Waals surface area contributed by atoms with Crippen molar-refractivity contribution in [2.75, 3.05) is 11.5 Å². The fourth-order valence-corrected chi connectivity index (χ4v) is 3.11. The molecule has 0 spiro atoms. The molecule has 0 unspecified atom stereocenters. The minimum absolute atomic E-state index is 0.0218. The van der Waals surface area contributed by atoms with Crippen molar-refractivity contribution in [1.29, 1.82) is 0 Å². The second-order valence-corrected chi connectivity index (χ2v) is 6.34. The van der Waals surface area contributed by atoms with Crippen LogP contribution in [0.1, 0.15) is 26.2 Å². The van der Waals surface area contributed by atoms with Crippen LogP contribution in [0, 0.1) is 6.58 Å². The van der Waals surface area contributed by atoms with Crippen molar-refractivity contribution in [3.8, 4) is 0 Å². The lowest BCUT2D eigenvalue weighted by atomic mass is 10.3. The van der Waals surface area contributed by atoms with E-state index in [9.17, 15) is 8.42 Å². The SMILES string of the molecule is [CH]=C(SCC=C)S(=O)(=O)CCCCC. The molecule has 4 heteroatoms. The second-order valence-electron chi connectivity index (χ2n) is 2.94. The molecule has 0 bridgehead atoms. The zero-order valence-corrected chi connectivity index (χ0v) is 10.2. The molecule has 0 amide bonds. The number of sulfone groups is 1. The molecule has 81 valence electrons. The van der Waals surface area contributed by atoms with E-state index in [-0.39, 0.29) is 9.99 Å². The quantitative estimate of drug-likeness (QED) is 0.477. The molecule has 0 aliphatic rings. The van der Waals surface area contributed by atoms with E-state index >= 15 is 0 Å². The highest BCUT2D eigenvalue weighted by Crippen LogP contribution is 2.21. The number of hydrogen-bond acceptors (Lipinski definition) is 3. The number of thioether (sulfide) groups is 1. The Balaban J connectivity index is 4.04. The van der Waals surface area contributed by atoms with E-state index in [0.717, 1.165) is 24.6 Å². The molecule has 0 N–H and O–H groups in total. The summed E-state index contributed by atoms with van der Waals surface area (Å²) in [5.41, 5.74) is 0. The third kappa shape index (κ3) is 5.50. The average molecular weight is 233 g/mol. The van der Waals surface area contributed by atoms with Crippen molar-refractivity contribution < 1.29 is 8.42 Å². The highest BCUT2D eigenvalue weighted by Gasteiger charge is 2.14. The molecule has 0 atom stereocenters. The molecule has 0 aromatic rings. The van der Waals surface area contributed by atoms with Crippen LogP contribution in [0.4, 0.5) is 0 Å². The van der Waals surface area contributed by atoms with Gasteiger partial charge in [0.2, 0.25) is 0 Å². The highest BCUT2D eigenvalue weighted by molar-refractivity contribution is 8.18. The van der Waals surface area contributed by atoms with Crippen molar-refractivity contribution in [3.05, 3.63) is 23.5 Å². The molecule has 14 heavy (non-hydrogen) atoms. The van der Waals surface area contributed by atoms with Crippen LogP contribution < -0.4 is 0 Å². The summed E-state index contributed by atoms with van der Waals surface area (Å²) in [4.78, 5) is 0. The minimum atomic E-state index is -3.20. The lowest BCUT2D eigenvalue weighted by Gasteiger charge is -2.04. The van der Waals surface area contributed by atoms with Crippen molar-refractivity contribution in [2.24, 2.45) is 0 Å². The largest absolute Gasteiger partial charge is 0.223 e. The van der Waals surface area contributed by atoms with E-state index < -0.39 is 9.84 Å². The molecule has 0 rings (SSSR count). The third-order valence-corrected chi connectivity index (χ3v) is 4.91. The molecule has 0 saturated heterocycles. The van der Waals surface area contributed by atoms with Crippen LogP contribution in [0.15, 0.2) is 16.9 Å². The number of hydrogen-bond donors (Lipinski definition) is 0. The molecule has 2 nitrogen and oxygen atoms in total. The monoisotopic (exact) mass is 233 g/mol. The minimum Gasteiger partial charge on any atom is -0.223 e. The lowest BCUT2D eigenvalue weighted by Crippen LogP contribution is -2.06. The Morgan fingerprint density at radius 3 is 2.64 bits per heavy atom. The van der Waals surface area contributed by atoms with Gasteiger partial charge in [-0.25, -0.2) is 8.42 Å². The van der Waals surface area contributed by atoms with E-state index in [1.54, 1.807) is 6.08 Å². The van der Waals surface area contributed by atoms with Crippen LogP contribution in [0.2, 0.25) is 0 Å². The third-order valence-electron chi connectivity index (χ3n) is 1.67. The van der Waals surface area contributed by atoms with E-state index in [4.69, 9.17) is 6.58 Å². The summed E-state index contributed by atoms with van der Waals surface area (Å²) in [6.07, 6.45) is 4.27. The van der Waals surface area contributed by atoms with Gasteiger partial charge in [0, 0.05) is 5.75 Å². The molecule has 0 saturated carbocycles. The molecule has 0 fully saturated rings.